The van der Waals surface area contributed by atoms with Crippen LogP contribution in [-0.4, -0.2) is 37.5 Å². The predicted molar refractivity (Wildman–Crippen MR) is 154 cm³/mol. The van der Waals surface area contributed by atoms with E-state index in [1.807, 2.05) is 60.7 Å². The molecule has 4 aromatic carbocycles. The van der Waals surface area contributed by atoms with Crippen LogP contribution in [0.4, 0.5) is 0 Å². The quantitative estimate of drug-likeness (QED) is 0.268. The fraction of sp³-hybridized carbons (Fsp3) is 0.206. The van der Waals surface area contributed by atoms with Gasteiger partial charge in [0.2, 0.25) is 0 Å². The van der Waals surface area contributed by atoms with Gasteiger partial charge in [-0.05, 0) is 23.3 Å². The number of carbonyl (C=O) groups is 1. The Bertz CT molecular complexity index is 1650. The lowest BCUT2D eigenvalue weighted by molar-refractivity contribution is -0.137. The molecule has 2 N–H and O–H groups in total. The maximum atomic E-state index is 13.3. The summed E-state index contributed by atoms with van der Waals surface area (Å²) in [4.78, 5) is 13.3. The molecule has 0 aromatic heterocycles. The second-order valence-electron chi connectivity index (χ2n) is 10.1. The molecule has 3 unspecified atom stereocenters. The lowest BCUT2D eigenvalue weighted by Gasteiger charge is -2.40. The number of rotatable bonds is 8. The van der Waals surface area contributed by atoms with Crippen LogP contribution in [0.5, 0.6) is 23.0 Å². The van der Waals surface area contributed by atoms with E-state index in [1.54, 1.807) is 43.5 Å². The second-order valence-corrected chi connectivity index (χ2v) is 10.1. The number of esters is 1. The largest absolute Gasteiger partial charge is 0.508 e. The van der Waals surface area contributed by atoms with Crippen molar-refractivity contribution in [2.75, 3.05) is 21.3 Å². The number of fused-ring (bicyclic) bond motifs is 3. The molecule has 0 spiro atoms. The normalized spacial score (nSPS) is 22.1. The zero-order valence-corrected chi connectivity index (χ0v) is 23.4. The summed E-state index contributed by atoms with van der Waals surface area (Å²) in [5.41, 5.74) is -1.83. The van der Waals surface area contributed by atoms with Crippen molar-refractivity contribution in [3.8, 4) is 23.0 Å². The number of carbonyl (C=O) groups excluding carboxylic acids is 1. The SMILES string of the molecule is COC(=O)C1=C(O)C2(O)c3c(OC)cc(OCc4ccccc4)cc3OC2(c2ccc(OC)cc2)C1c1ccccc1. The highest BCUT2D eigenvalue weighted by Gasteiger charge is 2.74. The number of hydrogen-bond donors (Lipinski definition) is 2. The highest BCUT2D eigenvalue weighted by molar-refractivity contribution is 5.94. The number of hydrogen-bond acceptors (Lipinski definition) is 8. The third-order valence-corrected chi connectivity index (χ3v) is 8.03. The van der Waals surface area contributed by atoms with Crippen molar-refractivity contribution in [2.45, 2.75) is 23.7 Å². The third-order valence-electron chi connectivity index (χ3n) is 8.03. The zero-order valence-electron chi connectivity index (χ0n) is 23.4. The average Bonchev–Trinajstić information content (AvgIpc) is 3.42. The monoisotopic (exact) mass is 566 g/mol. The van der Waals surface area contributed by atoms with E-state index in [9.17, 15) is 15.0 Å². The van der Waals surface area contributed by atoms with E-state index in [4.69, 9.17) is 23.7 Å². The van der Waals surface area contributed by atoms with E-state index < -0.39 is 28.8 Å². The Labute approximate surface area is 243 Å². The Morgan fingerprint density at radius 1 is 0.857 bits per heavy atom. The van der Waals surface area contributed by atoms with Crippen molar-refractivity contribution < 1.29 is 38.7 Å². The molecule has 42 heavy (non-hydrogen) atoms. The van der Waals surface area contributed by atoms with Gasteiger partial charge in [-0.2, -0.15) is 0 Å². The van der Waals surface area contributed by atoms with Crippen LogP contribution in [0.3, 0.4) is 0 Å². The number of ether oxygens (including phenoxy) is 5. The summed E-state index contributed by atoms with van der Waals surface area (Å²) in [6.07, 6.45) is 0. The van der Waals surface area contributed by atoms with Gasteiger partial charge in [0.1, 0.15) is 35.4 Å². The Morgan fingerprint density at radius 2 is 1.52 bits per heavy atom. The maximum absolute atomic E-state index is 13.3. The first kappa shape index (κ1) is 27.2. The zero-order chi connectivity index (χ0) is 29.5. The molecule has 1 aliphatic heterocycles. The number of benzene rings is 4. The van der Waals surface area contributed by atoms with Crippen molar-refractivity contribution in [3.05, 3.63) is 131 Å². The van der Waals surface area contributed by atoms with Crippen molar-refractivity contribution in [2.24, 2.45) is 0 Å². The van der Waals surface area contributed by atoms with Gasteiger partial charge >= 0.3 is 5.97 Å². The molecule has 0 saturated carbocycles. The minimum Gasteiger partial charge on any atom is -0.508 e. The van der Waals surface area contributed by atoms with E-state index in [0.29, 0.717) is 29.2 Å². The van der Waals surface area contributed by atoms with Gasteiger partial charge in [0.15, 0.2) is 11.2 Å². The lowest BCUT2D eigenvalue weighted by Crippen LogP contribution is -2.50. The molecule has 8 heteroatoms. The van der Waals surface area contributed by atoms with Crippen LogP contribution >= 0.6 is 0 Å². The summed E-state index contributed by atoms with van der Waals surface area (Å²) in [7, 11) is 4.24. The molecule has 8 nitrogen and oxygen atoms in total. The minimum atomic E-state index is -2.25. The lowest BCUT2D eigenvalue weighted by atomic mass is 9.69. The summed E-state index contributed by atoms with van der Waals surface area (Å²) in [5, 5.41) is 24.8. The van der Waals surface area contributed by atoms with Crippen LogP contribution < -0.4 is 18.9 Å². The van der Waals surface area contributed by atoms with Crippen molar-refractivity contribution in [1.82, 2.24) is 0 Å². The molecule has 3 atom stereocenters. The van der Waals surface area contributed by atoms with E-state index in [1.165, 1.54) is 14.2 Å². The van der Waals surface area contributed by atoms with Crippen molar-refractivity contribution in [1.29, 1.82) is 0 Å². The van der Waals surface area contributed by atoms with Crippen LogP contribution in [0.15, 0.2) is 108 Å². The molecule has 2 aliphatic rings. The smallest absolute Gasteiger partial charge is 0.338 e. The summed E-state index contributed by atoms with van der Waals surface area (Å²) in [6.45, 7) is 0.293. The van der Waals surface area contributed by atoms with Gasteiger partial charge in [-0.3, -0.25) is 0 Å². The van der Waals surface area contributed by atoms with Crippen LogP contribution in [-0.2, 0) is 27.3 Å². The van der Waals surface area contributed by atoms with Crippen molar-refractivity contribution in [3.63, 3.8) is 0 Å². The first-order valence-electron chi connectivity index (χ1n) is 13.4. The Kier molecular flexibility index (Phi) is 6.79. The van der Waals surface area contributed by atoms with Crippen LogP contribution in [0.1, 0.15) is 28.2 Å². The molecule has 1 aliphatic carbocycles. The fourth-order valence-corrected chi connectivity index (χ4v) is 6.16. The highest BCUT2D eigenvalue weighted by atomic mass is 16.5. The molecule has 214 valence electrons. The van der Waals surface area contributed by atoms with Gasteiger partial charge in [-0.1, -0.05) is 72.8 Å². The van der Waals surface area contributed by atoms with Gasteiger partial charge < -0.3 is 33.9 Å². The molecule has 0 bridgehead atoms. The van der Waals surface area contributed by atoms with Crippen molar-refractivity contribution >= 4 is 5.97 Å². The summed E-state index contributed by atoms with van der Waals surface area (Å²) in [6, 6.07) is 29.1. The van der Waals surface area contributed by atoms with Gasteiger partial charge in [0, 0.05) is 17.7 Å². The summed E-state index contributed by atoms with van der Waals surface area (Å²) in [5.74, 6) is -0.850. The number of aliphatic hydroxyl groups excluding tert-OH is 1. The topological polar surface area (TPSA) is 104 Å². The first-order valence-corrected chi connectivity index (χ1v) is 13.4. The third kappa shape index (κ3) is 3.90. The minimum absolute atomic E-state index is 0.112. The van der Waals surface area contributed by atoms with E-state index >= 15 is 0 Å². The summed E-state index contributed by atoms with van der Waals surface area (Å²) >= 11 is 0. The summed E-state index contributed by atoms with van der Waals surface area (Å²) < 4.78 is 29.2. The van der Waals surface area contributed by atoms with Gasteiger partial charge in [0.25, 0.3) is 0 Å². The van der Waals surface area contributed by atoms with Gasteiger partial charge in [-0.15, -0.1) is 0 Å². The van der Waals surface area contributed by atoms with E-state index in [2.05, 4.69) is 0 Å². The molecule has 4 aromatic rings. The molecule has 6 rings (SSSR count). The average molecular weight is 567 g/mol. The molecular formula is C34H30O8. The fourth-order valence-electron chi connectivity index (χ4n) is 6.16. The Morgan fingerprint density at radius 3 is 2.14 bits per heavy atom. The molecule has 1 heterocycles. The van der Waals surface area contributed by atoms with Gasteiger partial charge in [-0.25, -0.2) is 4.79 Å². The first-order chi connectivity index (χ1) is 20.4. The predicted octanol–water partition coefficient (Wildman–Crippen LogP) is 5.54. The maximum Gasteiger partial charge on any atom is 0.338 e. The van der Waals surface area contributed by atoms with E-state index in [0.717, 1.165) is 5.56 Å². The van der Waals surface area contributed by atoms with Gasteiger partial charge in [0.05, 0.1) is 38.4 Å². The standard InChI is InChI=1S/C34H30O8/c1-38-24-16-14-23(15-17-24)34-29(22-12-8-5-9-13-22)28(32(36)40-3)31(35)33(34,37)30-26(39-2)18-25(19-27(30)42-34)41-20-21-10-6-4-7-11-21/h4-19,29,35,37H,20H2,1-3H3. The van der Waals surface area contributed by atoms with E-state index in [-0.39, 0.29) is 22.6 Å². The molecule has 0 fully saturated rings. The van der Waals surface area contributed by atoms with Crippen LogP contribution in [0.2, 0.25) is 0 Å². The molecule has 0 saturated heterocycles. The molecule has 0 amide bonds. The Hall–Kier alpha value is -4.95. The number of methoxy groups -OCH3 is 3. The van der Waals surface area contributed by atoms with Crippen LogP contribution in [0.25, 0.3) is 0 Å². The second kappa shape index (κ2) is 10.5. The Balaban J connectivity index is 1.60. The highest BCUT2D eigenvalue weighted by Crippen LogP contribution is 2.70. The van der Waals surface area contributed by atoms with Crippen LogP contribution in [0, 0.1) is 0 Å². The molecule has 0 radical (unpaired) electrons. The number of aliphatic hydroxyl groups is 2. The molecular weight excluding hydrogens is 536 g/mol.